The van der Waals surface area contributed by atoms with E-state index >= 15 is 0 Å². The number of nitrogens with zero attached hydrogens (tertiary/aromatic N) is 2. The summed E-state index contributed by atoms with van der Waals surface area (Å²) in [6.07, 6.45) is 6.50. The summed E-state index contributed by atoms with van der Waals surface area (Å²) in [6.45, 7) is 6.71. The van der Waals surface area contributed by atoms with Gasteiger partial charge in [-0.15, -0.1) is 6.58 Å². The third-order valence-electron chi connectivity index (χ3n) is 2.86. The summed E-state index contributed by atoms with van der Waals surface area (Å²) in [7, 11) is 0. The molecule has 1 aliphatic carbocycles. The van der Waals surface area contributed by atoms with Crippen LogP contribution in [0.3, 0.4) is 0 Å². The van der Waals surface area contributed by atoms with Gasteiger partial charge in [-0.3, -0.25) is 0 Å². The van der Waals surface area contributed by atoms with Crippen LogP contribution < -0.4 is 5.73 Å². The summed E-state index contributed by atoms with van der Waals surface area (Å²) in [4.78, 5) is 4.67. The number of hydrogen-bond donors (Lipinski definition) is 1. The Labute approximate surface area is 91.0 Å². The highest BCUT2D eigenvalue weighted by Gasteiger charge is 2.30. The molecule has 1 aliphatic rings. The first-order chi connectivity index (χ1) is 7.27. The van der Waals surface area contributed by atoms with Crippen LogP contribution in [-0.4, -0.2) is 9.55 Å². The molecule has 0 aromatic carbocycles. The number of nitrogen functional groups attached to an aromatic ring is 1. The quantitative estimate of drug-likeness (QED) is 0.750. The van der Waals surface area contributed by atoms with Crippen molar-refractivity contribution in [1.29, 1.82) is 0 Å². The SMILES string of the molecule is C=CCn1c(CCC)nc(C2CC2)c1N. The molecule has 2 rings (SSSR count). The van der Waals surface area contributed by atoms with Crippen molar-refractivity contribution in [2.24, 2.45) is 0 Å². The molecule has 1 aromatic rings. The van der Waals surface area contributed by atoms with E-state index in [0.29, 0.717) is 5.92 Å². The first-order valence-electron chi connectivity index (χ1n) is 5.73. The van der Waals surface area contributed by atoms with Crippen molar-refractivity contribution in [2.75, 3.05) is 5.73 Å². The minimum absolute atomic E-state index is 0.631. The molecule has 82 valence electrons. The van der Waals surface area contributed by atoms with Crippen molar-refractivity contribution in [3.63, 3.8) is 0 Å². The van der Waals surface area contributed by atoms with Crippen LogP contribution in [0.4, 0.5) is 5.82 Å². The fourth-order valence-electron chi connectivity index (χ4n) is 1.94. The Morgan fingerprint density at radius 2 is 2.33 bits per heavy atom. The second kappa shape index (κ2) is 4.09. The monoisotopic (exact) mass is 205 g/mol. The molecule has 0 unspecified atom stereocenters. The average molecular weight is 205 g/mol. The summed E-state index contributed by atoms with van der Waals surface area (Å²) in [6, 6.07) is 0. The summed E-state index contributed by atoms with van der Waals surface area (Å²) in [5.74, 6) is 2.62. The number of nitrogens with two attached hydrogens (primary N) is 1. The van der Waals surface area contributed by atoms with Crippen LogP contribution in [0.25, 0.3) is 0 Å². The lowest BCUT2D eigenvalue weighted by Crippen LogP contribution is -2.06. The molecule has 3 heteroatoms. The predicted octanol–water partition coefficient (Wildman–Crippen LogP) is 2.48. The summed E-state index contributed by atoms with van der Waals surface area (Å²) in [5, 5.41) is 0. The van der Waals surface area contributed by atoms with Crippen molar-refractivity contribution >= 4 is 5.82 Å². The van der Waals surface area contributed by atoms with Crippen molar-refractivity contribution < 1.29 is 0 Å². The molecule has 1 saturated carbocycles. The molecule has 0 radical (unpaired) electrons. The Balaban J connectivity index is 2.33. The van der Waals surface area contributed by atoms with Crippen molar-refractivity contribution in [3.8, 4) is 0 Å². The molecule has 3 nitrogen and oxygen atoms in total. The molecule has 1 heterocycles. The highest BCUT2D eigenvalue weighted by atomic mass is 15.1. The topological polar surface area (TPSA) is 43.8 Å². The van der Waals surface area contributed by atoms with Gasteiger partial charge in [-0.1, -0.05) is 13.0 Å². The van der Waals surface area contributed by atoms with E-state index in [9.17, 15) is 0 Å². The molecule has 0 amide bonds. The maximum atomic E-state index is 6.11. The third kappa shape index (κ3) is 1.91. The van der Waals surface area contributed by atoms with Gasteiger partial charge in [0.1, 0.15) is 11.6 Å². The Morgan fingerprint density at radius 1 is 1.60 bits per heavy atom. The van der Waals surface area contributed by atoms with Crippen LogP contribution in [0.15, 0.2) is 12.7 Å². The van der Waals surface area contributed by atoms with Gasteiger partial charge < -0.3 is 10.3 Å². The lowest BCUT2D eigenvalue weighted by atomic mass is 10.3. The van der Waals surface area contributed by atoms with Gasteiger partial charge in [0.2, 0.25) is 0 Å². The van der Waals surface area contributed by atoms with E-state index < -0.39 is 0 Å². The first kappa shape index (κ1) is 10.3. The highest BCUT2D eigenvalue weighted by Crippen LogP contribution is 2.42. The summed E-state index contributed by atoms with van der Waals surface area (Å²) in [5.41, 5.74) is 7.24. The fourth-order valence-corrected chi connectivity index (χ4v) is 1.94. The van der Waals surface area contributed by atoms with E-state index in [4.69, 9.17) is 5.73 Å². The van der Waals surface area contributed by atoms with Crippen molar-refractivity contribution in [2.45, 2.75) is 45.1 Å². The van der Waals surface area contributed by atoms with E-state index in [1.165, 1.54) is 12.8 Å². The van der Waals surface area contributed by atoms with Crippen LogP contribution in [0, 0.1) is 0 Å². The number of rotatable bonds is 5. The van der Waals surface area contributed by atoms with E-state index in [-0.39, 0.29) is 0 Å². The number of hydrogen-bond acceptors (Lipinski definition) is 2. The molecular weight excluding hydrogens is 186 g/mol. The normalized spacial score (nSPS) is 15.5. The lowest BCUT2D eigenvalue weighted by molar-refractivity contribution is 0.723. The highest BCUT2D eigenvalue weighted by molar-refractivity contribution is 5.42. The second-order valence-electron chi connectivity index (χ2n) is 4.22. The number of imidazole rings is 1. The van der Waals surface area contributed by atoms with E-state index in [1.54, 1.807) is 0 Å². The number of anilines is 1. The second-order valence-corrected chi connectivity index (χ2v) is 4.22. The van der Waals surface area contributed by atoms with Gasteiger partial charge in [0.05, 0.1) is 5.69 Å². The van der Waals surface area contributed by atoms with Gasteiger partial charge in [0.25, 0.3) is 0 Å². The molecule has 15 heavy (non-hydrogen) atoms. The number of allylic oxidation sites excluding steroid dienone is 1. The molecule has 0 spiro atoms. The van der Waals surface area contributed by atoms with Crippen LogP contribution in [0.2, 0.25) is 0 Å². The Bertz CT molecular complexity index is 361. The summed E-state index contributed by atoms with van der Waals surface area (Å²) >= 11 is 0. The van der Waals surface area contributed by atoms with Gasteiger partial charge in [-0.05, 0) is 19.3 Å². The molecule has 0 aliphatic heterocycles. The molecule has 0 bridgehead atoms. The Hall–Kier alpha value is -1.25. The van der Waals surface area contributed by atoms with Crippen LogP contribution in [0.5, 0.6) is 0 Å². The van der Waals surface area contributed by atoms with Gasteiger partial charge >= 0.3 is 0 Å². The zero-order chi connectivity index (χ0) is 10.8. The smallest absolute Gasteiger partial charge is 0.127 e. The van der Waals surface area contributed by atoms with Crippen LogP contribution in [0.1, 0.15) is 43.6 Å². The maximum Gasteiger partial charge on any atom is 0.127 e. The molecule has 1 fully saturated rings. The van der Waals surface area contributed by atoms with Crippen LogP contribution in [-0.2, 0) is 13.0 Å². The molecular formula is C12H19N3. The third-order valence-corrected chi connectivity index (χ3v) is 2.86. The van der Waals surface area contributed by atoms with Gasteiger partial charge in [0.15, 0.2) is 0 Å². The Morgan fingerprint density at radius 3 is 2.87 bits per heavy atom. The Kier molecular flexibility index (Phi) is 2.80. The van der Waals surface area contributed by atoms with E-state index in [0.717, 1.165) is 36.7 Å². The number of aryl methyl sites for hydroxylation is 1. The van der Waals surface area contributed by atoms with Gasteiger partial charge in [-0.25, -0.2) is 4.98 Å². The van der Waals surface area contributed by atoms with Gasteiger partial charge in [0, 0.05) is 18.9 Å². The molecule has 1 aromatic heterocycles. The molecule has 2 N–H and O–H groups in total. The maximum absolute atomic E-state index is 6.11. The molecule has 0 atom stereocenters. The van der Waals surface area contributed by atoms with Crippen LogP contribution >= 0.6 is 0 Å². The predicted molar refractivity (Wildman–Crippen MR) is 62.8 cm³/mol. The van der Waals surface area contributed by atoms with Crippen molar-refractivity contribution in [1.82, 2.24) is 9.55 Å². The van der Waals surface area contributed by atoms with E-state index in [2.05, 4.69) is 23.1 Å². The lowest BCUT2D eigenvalue weighted by Gasteiger charge is -2.05. The standard InChI is InChI=1S/C12H19N3/c1-3-5-10-14-11(9-6-7-9)12(13)15(10)8-4-2/h4,9H,2-3,5-8,13H2,1H3. The zero-order valence-electron chi connectivity index (χ0n) is 9.37. The number of aromatic nitrogens is 2. The average Bonchev–Trinajstić information content (AvgIpc) is 3.00. The van der Waals surface area contributed by atoms with Gasteiger partial charge in [-0.2, -0.15) is 0 Å². The fraction of sp³-hybridized carbons (Fsp3) is 0.583. The minimum atomic E-state index is 0.631. The zero-order valence-corrected chi connectivity index (χ0v) is 9.37. The van der Waals surface area contributed by atoms with Crippen molar-refractivity contribution in [3.05, 3.63) is 24.2 Å². The van der Waals surface area contributed by atoms with E-state index in [1.807, 2.05) is 6.08 Å². The first-order valence-corrected chi connectivity index (χ1v) is 5.73. The minimum Gasteiger partial charge on any atom is -0.384 e. The largest absolute Gasteiger partial charge is 0.384 e. The summed E-state index contributed by atoms with van der Waals surface area (Å²) < 4.78 is 2.10. The molecule has 0 saturated heterocycles.